The van der Waals surface area contributed by atoms with Gasteiger partial charge in [-0.2, -0.15) is 0 Å². The molecule has 0 spiro atoms. The summed E-state index contributed by atoms with van der Waals surface area (Å²) in [5.41, 5.74) is 3.76. The van der Waals surface area contributed by atoms with Crippen LogP contribution in [-0.4, -0.2) is 14.2 Å². The Labute approximate surface area is 199 Å². The molecule has 0 saturated heterocycles. The molecule has 0 amide bonds. The smallest absolute Gasteiger partial charge is 0.169 e. The summed E-state index contributed by atoms with van der Waals surface area (Å²) in [6.45, 7) is 0. The molecule has 0 aliphatic carbocycles. The van der Waals surface area contributed by atoms with Gasteiger partial charge in [-0.15, -0.1) is 0 Å². The molecule has 162 valence electrons. The Hall–Kier alpha value is -4.66. The van der Waals surface area contributed by atoms with Crippen LogP contribution in [0.1, 0.15) is 22.3 Å². The zero-order valence-electron chi connectivity index (χ0n) is 19.1. The molecule has 0 N–H and O–H groups in total. The second kappa shape index (κ2) is 9.45. The van der Waals surface area contributed by atoms with Crippen LogP contribution in [0, 0.1) is 23.7 Å². The summed E-state index contributed by atoms with van der Waals surface area (Å²) in [4.78, 5) is 0. The van der Waals surface area contributed by atoms with E-state index in [0.717, 1.165) is 43.8 Å². The fraction of sp³-hybridized carbons (Fsp3) is 0.0625. The lowest BCUT2D eigenvalue weighted by Crippen LogP contribution is -1.97. The van der Waals surface area contributed by atoms with E-state index in [9.17, 15) is 0 Å². The molecule has 0 heterocycles. The van der Waals surface area contributed by atoms with Crippen LogP contribution >= 0.6 is 0 Å². The summed E-state index contributed by atoms with van der Waals surface area (Å²) < 4.78 is 11.5. The van der Waals surface area contributed by atoms with Gasteiger partial charge in [0, 0.05) is 33.0 Å². The Morgan fingerprint density at radius 1 is 0.471 bits per heavy atom. The van der Waals surface area contributed by atoms with E-state index < -0.39 is 0 Å². The number of benzene rings is 5. The lowest BCUT2D eigenvalue weighted by molar-refractivity contribution is 0.358. The average Bonchev–Trinajstić information content (AvgIpc) is 2.91. The molecule has 0 unspecified atom stereocenters. The van der Waals surface area contributed by atoms with Gasteiger partial charge in [0.15, 0.2) is 11.5 Å². The molecule has 5 aromatic rings. The Kier molecular flexibility index (Phi) is 5.89. The monoisotopic (exact) mass is 438 g/mol. The van der Waals surface area contributed by atoms with Crippen molar-refractivity contribution >= 4 is 21.5 Å². The van der Waals surface area contributed by atoms with E-state index in [-0.39, 0.29) is 0 Å². The molecule has 5 aromatic carbocycles. The largest absolute Gasteiger partial charge is 0.493 e. The number of fused-ring (bicyclic) bond motifs is 2. The van der Waals surface area contributed by atoms with Crippen LogP contribution in [0.5, 0.6) is 11.5 Å². The lowest BCUT2D eigenvalue weighted by atomic mass is 9.91. The summed E-state index contributed by atoms with van der Waals surface area (Å²) in [5.74, 6) is 14.9. The highest BCUT2D eigenvalue weighted by Gasteiger charge is 2.18. The highest BCUT2D eigenvalue weighted by atomic mass is 16.5. The van der Waals surface area contributed by atoms with E-state index >= 15 is 0 Å². The van der Waals surface area contributed by atoms with E-state index in [1.54, 1.807) is 14.2 Å². The third-order valence-corrected chi connectivity index (χ3v) is 5.74. The number of hydrogen-bond acceptors (Lipinski definition) is 2. The van der Waals surface area contributed by atoms with Gasteiger partial charge in [-0.25, -0.2) is 0 Å². The summed E-state index contributed by atoms with van der Waals surface area (Å²) >= 11 is 0. The van der Waals surface area contributed by atoms with Crippen molar-refractivity contribution in [3.63, 3.8) is 0 Å². The first-order valence-electron chi connectivity index (χ1n) is 11.0. The van der Waals surface area contributed by atoms with Gasteiger partial charge >= 0.3 is 0 Å². The fourth-order valence-corrected chi connectivity index (χ4v) is 4.16. The van der Waals surface area contributed by atoms with E-state index in [1.165, 1.54) is 0 Å². The van der Waals surface area contributed by atoms with Crippen LogP contribution in [-0.2, 0) is 0 Å². The maximum absolute atomic E-state index is 5.87. The second-order valence-corrected chi connectivity index (χ2v) is 7.75. The van der Waals surface area contributed by atoms with Crippen LogP contribution in [0.3, 0.4) is 0 Å². The zero-order chi connectivity index (χ0) is 23.3. The van der Waals surface area contributed by atoms with Gasteiger partial charge in [-0.3, -0.25) is 0 Å². The van der Waals surface area contributed by atoms with Crippen molar-refractivity contribution in [1.82, 2.24) is 0 Å². The highest BCUT2D eigenvalue weighted by Crippen LogP contribution is 2.42. The molecule has 0 aliphatic rings. The zero-order valence-corrected chi connectivity index (χ0v) is 19.1. The highest BCUT2D eigenvalue weighted by molar-refractivity contribution is 6.12. The van der Waals surface area contributed by atoms with Crippen LogP contribution < -0.4 is 9.47 Å². The minimum atomic E-state index is 0.658. The third kappa shape index (κ3) is 3.95. The SMILES string of the molecule is COc1ccc2c(C#Cc3ccccc3)c3ccccc3c(C#Cc3ccccc3)c2c1OC. The van der Waals surface area contributed by atoms with Gasteiger partial charge in [0.1, 0.15) is 0 Å². The van der Waals surface area contributed by atoms with Crippen molar-refractivity contribution in [2.75, 3.05) is 14.2 Å². The van der Waals surface area contributed by atoms with Crippen LogP contribution in [0.4, 0.5) is 0 Å². The van der Waals surface area contributed by atoms with E-state index in [4.69, 9.17) is 9.47 Å². The molecule has 34 heavy (non-hydrogen) atoms. The molecule has 0 aromatic heterocycles. The maximum Gasteiger partial charge on any atom is 0.169 e. The van der Waals surface area contributed by atoms with Crippen molar-refractivity contribution in [2.45, 2.75) is 0 Å². The molecule has 5 rings (SSSR count). The summed E-state index contributed by atoms with van der Waals surface area (Å²) in [7, 11) is 3.31. The Morgan fingerprint density at radius 2 is 1.00 bits per heavy atom. The van der Waals surface area contributed by atoms with Crippen LogP contribution in [0.15, 0.2) is 97.1 Å². The van der Waals surface area contributed by atoms with Gasteiger partial charge in [0.2, 0.25) is 0 Å². The van der Waals surface area contributed by atoms with Crippen molar-refractivity contribution in [3.8, 4) is 35.2 Å². The first kappa shape index (κ1) is 21.2. The number of hydrogen-bond donors (Lipinski definition) is 0. The third-order valence-electron chi connectivity index (χ3n) is 5.74. The van der Waals surface area contributed by atoms with Gasteiger partial charge in [-0.05, 0) is 47.2 Å². The first-order valence-corrected chi connectivity index (χ1v) is 11.0. The van der Waals surface area contributed by atoms with E-state index in [0.29, 0.717) is 11.5 Å². The van der Waals surface area contributed by atoms with Crippen molar-refractivity contribution in [3.05, 3.63) is 119 Å². The molecule has 0 saturated carbocycles. The minimum Gasteiger partial charge on any atom is -0.493 e. The Bertz CT molecular complexity index is 1610. The maximum atomic E-state index is 5.87. The normalized spacial score (nSPS) is 10.2. The summed E-state index contributed by atoms with van der Waals surface area (Å²) in [5, 5.41) is 3.98. The predicted octanol–water partition coefficient (Wildman–Crippen LogP) is 6.81. The van der Waals surface area contributed by atoms with Gasteiger partial charge in [0.25, 0.3) is 0 Å². The summed E-state index contributed by atoms with van der Waals surface area (Å²) in [6.07, 6.45) is 0. The fourth-order valence-electron chi connectivity index (χ4n) is 4.16. The van der Waals surface area contributed by atoms with Gasteiger partial charge in [-0.1, -0.05) is 84.3 Å². The van der Waals surface area contributed by atoms with Gasteiger partial charge < -0.3 is 9.47 Å². The summed E-state index contributed by atoms with van der Waals surface area (Å²) in [6, 6.07) is 32.3. The van der Waals surface area contributed by atoms with E-state index in [1.807, 2.05) is 84.9 Å². The molecule has 0 atom stereocenters. The van der Waals surface area contributed by atoms with Crippen molar-refractivity contribution < 1.29 is 9.47 Å². The van der Waals surface area contributed by atoms with Gasteiger partial charge in [0.05, 0.1) is 14.2 Å². The van der Waals surface area contributed by atoms with Crippen LogP contribution in [0.25, 0.3) is 21.5 Å². The number of ether oxygens (including phenoxy) is 2. The molecule has 0 aliphatic heterocycles. The molecular weight excluding hydrogens is 416 g/mol. The molecular formula is C32H22O2. The lowest BCUT2D eigenvalue weighted by Gasteiger charge is -2.16. The molecule has 0 fully saturated rings. The van der Waals surface area contributed by atoms with Crippen molar-refractivity contribution in [2.24, 2.45) is 0 Å². The topological polar surface area (TPSA) is 18.5 Å². The average molecular weight is 439 g/mol. The quantitative estimate of drug-likeness (QED) is 0.223. The Balaban J connectivity index is 1.89. The standard InChI is InChI=1S/C32H22O2/c1-33-30-22-21-29-27(19-17-23-11-5-3-6-12-23)25-15-9-10-16-26(25)28(31(29)32(30)34-2)20-18-24-13-7-4-8-14-24/h3-16,21-22H,1-2H3. The molecule has 2 nitrogen and oxygen atoms in total. The second-order valence-electron chi connectivity index (χ2n) is 7.75. The number of rotatable bonds is 2. The van der Waals surface area contributed by atoms with E-state index in [2.05, 4.69) is 35.8 Å². The minimum absolute atomic E-state index is 0.658. The van der Waals surface area contributed by atoms with Crippen LogP contribution in [0.2, 0.25) is 0 Å². The van der Waals surface area contributed by atoms with Crippen molar-refractivity contribution in [1.29, 1.82) is 0 Å². The predicted molar refractivity (Wildman–Crippen MR) is 139 cm³/mol. The number of methoxy groups -OCH3 is 2. The first-order chi connectivity index (χ1) is 16.8. The Morgan fingerprint density at radius 3 is 1.56 bits per heavy atom. The molecule has 2 heteroatoms. The molecule has 0 bridgehead atoms. The molecule has 0 radical (unpaired) electrons.